The number of hydrogen-bond donors (Lipinski definition) is 0. The van der Waals surface area contributed by atoms with Crippen molar-refractivity contribution in [2.24, 2.45) is 0 Å². The molecule has 29 heavy (non-hydrogen) atoms. The second-order valence-corrected chi connectivity index (χ2v) is 10.3. The quantitative estimate of drug-likeness (QED) is 0.259. The van der Waals surface area contributed by atoms with Gasteiger partial charge in [-0.15, -0.1) is 11.1 Å². The van der Waals surface area contributed by atoms with Crippen LogP contribution in [0.2, 0.25) is 0 Å². The van der Waals surface area contributed by atoms with Crippen molar-refractivity contribution < 1.29 is 49.0 Å². The molecule has 0 aromatic heterocycles. The third kappa shape index (κ3) is 8.62. The molecule has 0 amide bonds. The predicted molar refractivity (Wildman–Crippen MR) is 119 cm³/mol. The van der Waals surface area contributed by atoms with Gasteiger partial charge in [-0.1, -0.05) is 48.0 Å². The molecule has 5 rings (SSSR count). The van der Waals surface area contributed by atoms with E-state index in [2.05, 4.69) is 68.3 Å². The number of rotatable bonds is 0. The summed E-state index contributed by atoms with van der Waals surface area (Å²) in [6.07, 6.45) is 8.30. The Morgan fingerprint density at radius 1 is 0.862 bits per heavy atom. The first kappa shape index (κ1) is 27.1. The van der Waals surface area contributed by atoms with E-state index in [1.54, 1.807) is 27.4 Å². The van der Waals surface area contributed by atoms with Crippen LogP contribution >= 0.6 is 31.9 Å². The molecule has 0 atom stereocenters. The molecule has 0 N–H and O–H groups in total. The van der Waals surface area contributed by atoms with Crippen molar-refractivity contribution in [2.45, 2.75) is 38.5 Å². The summed E-state index contributed by atoms with van der Waals surface area (Å²) in [6, 6.07) is 24.0. The number of benzene rings is 2. The van der Waals surface area contributed by atoms with Gasteiger partial charge in [-0.3, -0.25) is 0 Å². The Hall–Kier alpha value is 0.0831. The Bertz CT molecular complexity index is 817. The minimum Gasteiger partial charge on any atom is -0.214 e. The minimum atomic E-state index is 0. The van der Waals surface area contributed by atoms with E-state index in [-0.39, 0.29) is 24.8 Å². The summed E-state index contributed by atoms with van der Waals surface area (Å²) in [7, 11) is 0. The minimum absolute atomic E-state index is 0. The van der Waals surface area contributed by atoms with Gasteiger partial charge in [0.25, 0.3) is 0 Å². The van der Waals surface area contributed by atoms with Gasteiger partial charge < -0.3 is 24.8 Å². The van der Waals surface area contributed by atoms with Crippen LogP contribution in [-0.4, -0.2) is 3.21 Å². The molecule has 0 nitrogen and oxygen atoms in total. The van der Waals surface area contributed by atoms with Crippen LogP contribution < -0.4 is 24.8 Å². The molecular weight excluding hydrogens is 610 g/mol. The summed E-state index contributed by atoms with van der Waals surface area (Å²) < 4.78 is 3.99. The van der Waals surface area contributed by atoms with E-state index in [9.17, 15) is 0 Å². The van der Waals surface area contributed by atoms with Crippen LogP contribution in [0, 0.1) is 6.07 Å². The number of halogens is 4. The van der Waals surface area contributed by atoms with Gasteiger partial charge in [-0.25, -0.2) is 12.1 Å². The zero-order valence-corrected chi connectivity index (χ0v) is 23.2. The Balaban J connectivity index is 0.000000252. The van der Waals surface area contributed by atoms with Gasteiger partial charge in [-0.2, -0.15) is 36.4 Å². The van der Waals surface area contributed by atoms with Crippen LogP contribution in [-0.2, 0) is 30.7 Å². The summed E-state index contributed by atoms with van der Waals surface area (Å²) in [6.45, 7) is 0. The molecule has 1 fully saturated rings. The third-order valence-corrected chi connectivity index (χ3v) is 6.91. The van der Waals surface area contributed by atoms with Crippen LogP contribution in [0.25, 0.3) is 11.1 Å². The zero-order chi connectivity index (χ0) is 19.1. The summed E-state index contributed by atoms with van der Waals surface area (Å²) >= 11 is 8.65. The van der Waals surface area contributed by atoms with Gasteiger partial charge in [0.15, 0.2) is 0 Å². The first-order valence-corrected chi connectivity index (χ1v) is 12.2. The Labute approximate surface area is 218 Å². The van der Waals surface area contributed by atoms with Crippen molar-refractivity contribution in [3.8, 4) is 11.1 Å². The molecule has 3 aromatic rings. The first-order valence-electron chi connectivity index (χ1n) is 9.36. The van der Waals surface area contributed by atoms with Crippen LogP contribution in [0.3, 0.4) is 0 Å². The van der Waals surface area contributed by atoms with E-state index in [1.807, 2.05) is 30.3 Å². The Morgan fingerprint density at radius 3 is 2.07 bits per heavy atom. The summed E-state index contributed by atoms with van der Waals surface area (Å²) in [4.78, 5) is 0. The maximum atomic E-state index is 3.50. The van der Waals surface area contributed by atoms with Gasteiger partial charge in [0.05, 0.1) is 0 Å². The van der Waals surface area contributed by atoms with Crippen LogP contribution in [0.4, 0.5) is 0 Å². The molecule has 2 aliphatic carbocycles. The average molecular weight is 632 g/mol. The average Bonchev–Trinajstić information content (AvgIpc) is 3.33. The molecule has 0 heterocycles. The summed E-state index contributed by atoms with van der Waals surface area (Å²) in [5, 5.41) is 0. The van der Waals surface area contributed by atoms with E-state index >= 15 is 0 Å². The second-order valence-electron chi connectivity index (χ2n) is 6.80. The largest absolute Gasteiger partial charge is 0.214 e. The van der Waals surface area contributed by atoms with Crippen molar-refractivity contribution in [3.63, 3.8) is 0 Å². The van der Waals surface area contributed by atoms with E-state index in [0.29, 0.717) is 0 Å². The molecule has 2 aliphatic rings. The number of hydrogen-bond acceptors (Lipinski definition) is 0. The molecule has 5 heteroatoms. The molecule has 0 spiro atoms. The fourth-order valence-corrected chi connectivity index (χ4v) is 5.01. The second kappa shape index (κ2) is 14.2. The molecule has 0 aliphatic heterocycles. The zero-order valence-electron chi connectivity index (χ0n) is 16.0. The van der Waals surface area contributed by atoms with Crippen molar-refractivity contribution in [1.29, 1.82) is 0 Å². The first-order chi connectivity index (χ1) is 13.1. The molecular formula is C24H22Br2Cl2Zr-2. The smallest absolute Gasteiger partial charge is 0.172 e. The van der Waals surface area contributed by atoms with E-state index in [0.717, 1.165) is 15.4 Å². The molecule has 0 saturated heterocycles. The van der Waals surface area contributed by atoms with Crippen LogP contribution in [0.1, 0.15) is 43.2 Å². The van der Waals surface area contributed by atoms with Crippen molar-refractivity contribution in [3.05, 3.63) is 86.8 Å². The third-order valence-electron chi connectivity index (χ3n) is 4.73. The van der Waals surface area contributed by atoms with Crippen LogP contribution in [0.15, 0.2) is 69.6 Å². The summed E-state index contributed by atoms with van der Waals surface area (Å²) in [5.74, 6) is 0. The van der Waals surface area contributed by atoms with Gasteiger partial charge in [-0.05, 0) is 24.1 Å². The SMILES string of the molecule is Brc1[c-]c2c(cc1)-c1ccc(Br)cc1C2.[Cl-].[Cl-].[Zr+2]=[C]1CCCCC1.c1cc[cH-]c1. The molecule has 3 aromatic carbocycles. The maximum Gasteiger partial charge on any atom is -0.172 e. The molecule has 0 radical (unpaired) electrons. The van der Waals surface area contributed by atoms with Crippen molar-refractivity contribution in [2.75, 3.05) is 0 Å². The van der Waals surface area contributed by atoms with Crippen molar-refractivity contribution in [1.82, 2.24) is 0 Å². The molecule has 0 bridgehead atoms. The monoisotopic (exact) mass is 628 g/mol. The fourth-order valence-electron chi connectivity index (χ4n) is 3.36. The van der Waals surface area contributed by atoms with Gasteiger partial charge in [0.1, 0.15) is 0 Å². The van der Waals surface area contributed by atoms with Gasteiger partial charge >= 0.3 is 59.5 Å². The number of fused-ring (bicyclic) bond motifs is 3. The van der Waals surface area contributed by atoms with E-state index in [1.165, 1.54) is 54.4 Å². The van der Waals surface area contributed by atoms with E-state index in [4.69, 9.17) is 0 Å². The standard InChI is InChI=1S/C13H7Br2.C6H10.C5H5.2ClH.Zr/c14-10-1-3-12-8(6-10)5-9-7-11(15)2-4-13(9)12;1-2-4-6-5-3-1;1-2-4-5-3-1;;;/h1-4,6H,5H2;1-5H2;1-5H;2*1H;/q-1;;-1;;;+2/p-2. The Kier molecular flexibility index (Phi) is 13.3. The summed E-state index contributed by atoms with van der Waals surface area (Å²) in [5.41, 5.74) is 5.34. The van der Waals surface area contributed by atoms with Gasteiger partial charge in [0.2, 0.25) is 0 Å². The Morgan fingerprint density at radius 2 is 1.52 bits per heavy atom. The predicted octanol–water partition coefficient (Wildman–Crippen LogP) is 1.67. The molecule has 152 valence electrons. The van der Waals surface area contributed by atoms with Crippen LogP contribution in [0.5, 0.6) is 0 Å². The fraction of sp³-hybridized carbons (Fsp3) is 0.250. The van der Waals surface area contributed by atoms with E-state index < -0.39 is 0 Å². The maximum absolute atomic E-state index is 3.50. The normalized spacial score (nSPS) is 13.3. The molecule has 1 saturated carbocycles. The van der Waals surface area contributed by atoms with Gasteiger partial charge in [0, 0.05) is 4.47 Å². The topological polar surface area (TPSA) is 0 Å². The molecule has 0 unspecified atom stereocenters. The van der Waals surface area contributed by atoms with Crippen molar-refractivity contribution >= 4 is 35.1 Å².